The molecule has 9 heteroatoms. The molecule has 4 atom stereocenters. The molecular weight excluding hydrogens is 493 g/mol. The molecule has 38 heavy (non-hydrogen) atoms. The van der Waals surface area contributed by atoms with Crippen LogP contribution in [-0.2, 0) is 10.0 Å². The highest BCUT2D eigenvalue weighted by Crippen LogP contribution is 2.41. The van der Waals surface area contributed by atoms with Gasteiger partial charge in [0, 0.05) is 37.3 Å². The van der Waals surface area contributed by atoms with E-state index in [9.17, 15) is 8.42 Å². The molecule has 0 aromatic carbocycles. The van der Waals surface area contributed by atoms with Crippen LogP contribution in [0.4, 0.5) is 0 Å². The van der Waals surface area contributed by atoms with E-state index in [0.29, 0.717) is 36.7 Å². The van der Waals surface area contributed by atoms with E-state index in [0.717, 1.165) is 70.8 Å². The van der Waals surface area contributed by atoms with Crippen molar-refractivity contribution in [1.29, 1.82) is 0 Å². The molecule has 3 heterocycles. The number of allylic oxidation sites excluding steroid dienone is 1. The van der Waals surface area contributed by atoms with Gasteiger partial charge in [-0.1, -0.05) is 40.2 Å². The zero-order chi connectivity index (χ0) is 27.5. The quantitative estimate of drug-likeness (QED) is 0.325. The first kappa shape index (κ1) is 29.8. The Labute approximate surface area is 233 Å². The lowest BCUT2D eigenvalue weighted by molar-refractivity contribution is 0.121. The predicted octanol–water partition coefficient (Wildman–Crippen LogP) is 4.44. The molecule has 0 radical (unpaired) electrons. The summed E-state index contributed by atoms with van der Waals surface area (Å²) in [6.45, 7) is 15.2. The van der Waals surface area contributed by atoms with E-state index < -0.39 is 10.0 Å². The molecule has 3 aliphatic heterocycles. The second kappa shape index (κ2) is 12.5. The summed E-state index contributed by atoms with van der Waals surface area (Å²) in [5, 5.41) is 10.5. The third-order valence-corrected chi connectivity index (χ3v) is 12.2. The maximum absolute atomic E-state index is 13.5. The first-order valence-electron chi connectivity index (χ1n) is 15.3. The SMILES string of the molecule is BC1C=NN2C(NCC(CC)CCC=C)CC(C3CCN(S(=O)(=O)C4CCC(C(C)(C)C)CC4)CC3)=NC12. The third kappa shape index (κ3) is 6.75. The molecule has 7 nitrogen and oxygen atoms in total. The van der Waals surface area contributed by atoms with Crippen molar-refractivity contribution in [3.05, 3.63) is 12.7 Å². The Bertz CT molecular complexity index is 962. The molecule has 2 fully saturated rings. The van der Waals surface area contributed by atoms with E-state index in [1.807, 2.05) is 16.6 Å². The van der Waals surface area contributed by atoms with Crippen molar-refractivity contribution in [3.8, 4) is 0 Å². The fourth-order valence-corrected chi connectivity index (χ4v) is 8.96. The van der Waals surface area contributed by atoms with Gasteiger partial charge in [-0.05, 0) is 81.1 Å². The first-order valence-corrected chi connectivity index (χ1v) is 16.8. The minimum Gasteiger partial charge on any atom is -0.295 e. The summed E-state index contributed by atoms with van der Waals surface area (Å²) < 4.78 is 28.9. The van der Waals surface area contributed by atoms with Crippen LogP contribution in [0.5, 0.6) is 0 Å². The van der Waals surface area contributed by atoms with Crippen molar-refractivity contribution in [1.82, 2.24) is 14.6 Å². The summed E-state index contributed by atoms with van der Waals surface area (Å²) in [6.07, 6.45) is 13.9. The van der Waals surface area contributed by atoms with Crippen LogP contribution in [0.15, 0.2) is 22.7 Å². The van der Waals surface area contributed by atoms with Crippen LogP contribution in [0, 0.1) is 23.2 Å². The molecular formula is C29H52BN5O2S. The molecule has 0 bridgehead atoms. The Morgan fingerprint density at radius 1 is 1.18 bits per heavy atom. The van der Waals surface area contributed by atoms with Crippen molar-refractivity contribution >= 4 is 29.8 Å². The fourth-order valence-electron chi connectivity index (χ4n) is 6.95. The van der Waals surface area contributed by atoms with E-state index in [1.54, 1.807) is 0 Å². The zero-order valence-corrected chi connectivity index (χ0v) is 25.4. The second-order valence-corrected chi connectivity index (χ2v) is 15.6. The molecule has 1 N–H and O–H groups in total. The second-order valence-electron chi connectivity index (χ2n) is 13.4. The van der Waals surface area contributed by atoms with E-state index in [-0.39, 0.29) is 23.0 Å². The van der Waals surface area contributed by atoms with Gasteiger partial charge < -0.3 is 0 Å². The molecule has 1 saturated carbocycles. The van der Waals surface area contributed by atoms with Crippen LogP contribution < -0.4 is 5.32 Å². The number of aliphatic imine (C=N–C) groups is 1. The van der Waals surface area contributed by atoms with E-state index >= 15 is 0 Å². The minimum absolute atomic E-state index is 0.0595. The highest BCUT2D eigenvalue weighted by Gasteiger charge is 2.42. The van der Waals surface area contributed by atoms with Crippen molar-refractivity contribution in [2.24, 2.45) is 33.3 Å². The van der Waals surface area contributed by atoms with Gasteiger partial charge in [0.25, 0.3) is 0 Å². The summed E-state index contributed by atoms with van der Waals surface area (Å²) in [7, 11) is -1.03. The van der Waals surface area contributed by atoms with Crippen LogP contribution >= 0.6 is 0 Å². The number of hydrogen-bond donors (Lipinski definition) is 1. The summed E-state index contributed by atoms with van der Waals surface area (Å²) in [5.41, 5.74) is 1.53. The van der Waals surface area contributed by atoms with E-state index in [2.05, 4.69) is 52.4 Å². The van der Waals surface area contributed by atoms with Gasteiger partial charge in [0.2, 0.25) is 10.0 Å². The van der Waals surface area contributed by atoms with Gasteiger partial charge in [0.05, 0.1) is 5.25 Å². The average Bonchev–Trinajstić information content (AvgIpc) is 3.29. The van der Waals surface area contributed by atoms with Crippen LogP contribution in [0.1, 0.15) is 91.9 Å². The van der Waals surface area contributed by atoms with Gasteiger partial charge in [-0.15, -0.1) is 6.58 Å². The predicted molar refractivity (Wildman–Crippen MR) is 162 cm³/mol. The molecule has 0 aromatic rings. The number of nitrogens with zero attached hydrogens (tertiary/aromatic N) is 4. The Morgan fingerprint density at radius 3 is 2.47 bits per heavy atom. The topological polar surface area (TPSA) is 77.4 Å². The molecule has 4 rings (SSSR count). The summed E-state index contributed by atoms with van der Waals surface area (Å²) >= 11 is 0. The van der Waals surface area contributed by atoms with Crippen molar-refractivity contribution in [2.45, 2.75) is 115 Å². The van der Waals surface area contributed by atoms with E-state index in [4.69, 9.17) is 10.1 Å². The third-order valence-electron chi connectivity index (χ3n) is 9.80. The summed E-state index contributed by atoms with van der Waals surface area (Å²) in [4.78, 5) is 5.20. The first-order chi connectivity index (χ1) is 18.0. The van der Waals surface area contributed by atoms with Crippen LogP contribution in [0.25, 0.3) is 0 Å². The van der Waals surface area contributed by atoms with Crippen LogP contribution in [0.2, 0.25) is 5.82 Å². The largest absolute Gasteiger partial charge is 0.295 e. The monoisotopic (exact) mass is 545 g/mol. The smallest absolute Gasteiger partial charge is 0.216 e. The molecule has 214 valence electrons. The Morgan fingerprint density at radius 2 is 1.87 bits per heavy atom. The van der Waals surface area contributed by atoms with Gasteiger partial charge in [0.1, 0.15) is 20.2 Å². The number of sulfonamides is 1. The zero-order valence-electron chi connectivity index (χ0n) is 24.6. The Kier molecular flexibility index (Phi) is 9.84. The lowest BCUT2D eigenvalue weighted by Crippen LogP contribution is -2.53. The molecule has 0 spiro atoms. The lowest BCUT2D eigenvalue weighted by Gasteiger charge is -2.42. The highest BCUT2D eigenvalue weighted by atomic mass is 32.2. The standard InChI is InChI=1S/C29H52BN5O2S/c1-6-8-9-21(7-2)19-31-27-18-26(33-28-25(30)20-32-35(27)28)22-14-16-34(17-15-22)38(36,37)24-12-10-23(11-13-24)29(3,4)5/h6,20-25,27-28,31H,1,7-19,30H2,2-5H3. The lowest BCUT2D eigenvalue weighted by atomic mass is 9.72. The fraction of sp³-hybridized carbons (Fsp3) is 0.862. The van der Waals surface area contributed by atoms with E-state index in [1.165, 1.54) is 5.71 Å². The van der Waals surface area contributed by atoms with Crippen molar-refractivity contribution in [3.63, 3.8) is 0 Å². The Balaban J connectivity index is 1.35. The molecule has 1 aliphatic carbocycles. The molecule has 4 unspecified atom stereocenters. The van der Waals surface area contributed by atoms with Gasteiger partial charge in [-0.2, -0.15) is 5.10 Å². The van der Waals surface area contributed by atoms with Gasteiger partial charge in [0.15, 0.2) is 0 Å². The van der Waals surface area contributed by atoms with Crippen LogP contribution in [0.3, 0.4) is 0 Å². The number of hydrazone groups is 1. The maximum atomic E-state index is 13.5. The minimum atomic E-state index is -3.22. The molecule has 4 aliphatic rings. The number of nitrogens with one attached hydrogen (secondary N) is 1. The molecule has 0 aromatic heterocycles. The van der Waals surface area contributed by atoms with Gasteiger partial charge in [-0.25, -0.2) is 12.7 Å². The number of hydrogen-bond acceptors (Lipinski definition) is 6. The van der Waals surface area contributed by atoms with Crippen LogP contribution in [-0.4, -0.2) is 74.7 Å². The normalized spacial score (nSPS) is 32.2. The Hall–Kier alpha value is -1.19. The highest BCUT2D eigenvalue weighted by molar-refractivity contribution is 7.89. The molecule has 0 amide bonds. The average molecular weight is 546 g/mol. The summed E-state index contributed by atoms with van der Waals surface area (Å²) in [6, 6.07) is 0. The maximum Gasteiger partial charge on any atom is 0.216 e. The van der Waals surface area contributed by atoms with Gasteiger partial charge >= 0.3 is 0 Å². The van der Waals surface area contributed by atoms with Gasteiger partial charge in [-0.3, -0.25) is 15.3 Å². The van der Waals surface area contributed by atoms with Crippen molar-refractivity contribution < 1.29 is 8.42 Å². The number of rotatable bonds is 10. The van der Waals surface area contributed by atoms with Crippen molar-refractivity contribution in [2.75, 3.05) is 19.6 Å². The number of piperidine rings is 1. The number of fused-ring (bicyclic) bond motifs is 1. The molecule has 1 saturated heterocycles. The summed E-state index contributed by atoms with van der Waals surface area (Å²) in [5.74, 6) is 1.91.